The molecule has 0 aliphatic heterocycles. The molecule has 5 atom stereocenters. The summed E-state index contributed by atoms with van der Waals surface area (Å²) in [6, 6.07) is 0. The first kappa shape index (κ1) is 14.5. The molecule has 2 N–H and O–H groups in total. The molecule has 1 spiro atoms. The second-order valence-electron chi connectivity index (χ2n) is 6.53. The lowest BCUT2D eigenvalue weighted by molar-refractivity contribution is -0.150. The van der Waals surface area contributed by atoms with E-state index in [1.54, 1.807) is 0 Å². The first-order chi connectivity index (χ1) is 8.92. The third-order valence-corrected chi connectivity index (χ3v) is 5.73. The second kappa shape index (κ2) is 5.23. The van der Waals surface area contributed by atoms with E-state index in [0.29, 0.717) is 12.3 Å². The van der Waals surface area contributed by atoms with Gasteiger partial charge in [-0.3, -0.25) is 9.59 Å². The number of rotatable bonds is 3. The van der Waals surface area contributed by atoms with Gasteiger partial charge in [0.05, 0.1) is 12.5 Å². The van der Waals surface area contributed by atoms with Crippen molar-refractivity contribution in [2.45, 2.75) is 46.0 Å². The quantitative estimate of drug-likeness (QED) is 0.822. The van der Waals surface area contributed by atoms with Gasteiger partial charge in [-0.25, -0.2) is 0 Å². The van der Waals surface area contributed by atoms with Crippen LogP contribution in [0.15, 0.2) is 0 Å². The van der Waals surface area contributed by atoms with E-state index in [0.717, 1.165) is 25.7 Å². The van der Waals surface area contributed by atoms with Crippen LogP contribution >= 0.6 is 0 Å². The van der Waals surface area contributed by atoms with Crippen molar-refractivity contribution in [2.24, 2.45) is 29.1 Å². The molecule has 0 heterocycles. The molecule has 2 fully saturated rings. The Bertz CT molecular complexity index is 378. The van der Waals surface area contributed by atoms with Crippen LogP contribution in [0.4, 0.5) is 0 Å². The number of aliphatic hydroxyl groups excluding tert-OH is 1. The summed E-state index contributed by atoms with van der Waals surface area (Å²) in [5.74, 6) is -0.939. The number of aliphatic carboxylic acids is 1. The van der Waals surface area contributed by atoms with Crippen molar-refractivity contribution in [3.8, 4) is 0 Å². The van der Waals surface area contributed by atoms with Crippen LogP contribution in [0.5, 0.6) is 0 Å². The molecule has 2 aliphatic carbocycles. The van der Waals surface area contributed by atoms with E-state index in [2.05, 4.69) is 6.92 Å². The van der Waals surface area contributed by atoms with Crippen LogP contribution in [-0.2, 0) is 9.59 Å². The zero-order valence-corrected chi connectivity index (χ0v) is 11.8. The fraction of sp³-hybridized carbons (Fsp3) is 0.867. The molecular weight excluding hydrogens is 244 g/mol. The van der Waals surface area contributed by atoms with Gasteiger partial charge in [0.2, 0.25) is 0 Å². The largest absolute Gasteiger partial charge is 0.481 e. The lowest BCUT2D eigenvalue weighted by Crippen LogP contribution is -2.44. The van der Waals surface area contributed by atoms with Gasteiger partial charge >= 0.3 is 5.97 Å². The molecule has 5 unspecified atom stereocenters. The molecule has 0 aromatic rings. The zero-order valence-electron chi connectivity index (χ0n) is 11.8. The van der Waals surface area contributed by atoms with E-state index in [9.17, 15) is 19.8 Å². The van der Waals surface area contributed by atoms with Gasteiger partial charge in [-0.1, -0.05) is 13.8 Å². The SMILES string of the molecule is CC1CCC2(CC1=O)C(C)CCC2C(CO)C(=O)O. The predicted molar refractivity (Wildman–Crippen MR) is 70.6 cm³/mol. The van der Waals surface area contributed by atoms with E-state index in [1.165, 1.54) is 0 Å². The highest BCUT2D eigenvalue weighted by Crippen LogP contribution is 2.58. The summed E-state index contributed by atoms with van der Waals surface area (Å²) in [5.41, 5.74) is -0.185. The van der Waals surface area contributed by atoms with Crippen molar-refractivity contribution in [1.82, 2.24) is 0 Å². The average molecular weight is 268 g/mol. The van der Waals surface area contributed by atoms with Crippen molar-refractivity contribution in [3.63, 3.8) is 0 Å². The molecular formula is C15H24O4. The van der Waals surface area contributed by atoms with Crippen molar-refractivity contribution in [3.05, 3.63) is 0 Å². The Kier molecular flexibility index (Phi) is 4.00. The Morgan fingerprint density at radius 3 is 2.58 bits per heavy atom. The van der Waals surface area contributed by atoms with Gasteiger partial charge in [0.15, 0.2) is 0 Å². The van der Waals surface area contributed by atoms with Gasteiger partial charge in [0.1, 0.15) is 5.78 Å². The maximum atomic E-state index is 12.1. The minimum absolute atomic E-state index is 0.0542. The van der Waals surface area contributed by atoms with Crippen LogP contribution < -0.4 is 0 Å². The summed E-state index contributed by atoms with van der Waals surface area (Å²) in [5, 5.41) is 18.7. The van der Waals surface area contributed by atoms with Crippen molar-refractivity contribution >= 4 is 11.8 Å². The van der Waals surface area contributed by atoms with E-state index < -0.39 is 11.9 Å². The summed E-state index contributed by atoms with van der Waals surface area (Å²) in [6.45, 7) is 3.78. The molecule has 4 heteroatoms. The van der Waals surface area contributed by atoms with Crippen LogP contribution in [0.3, 0.4) is 0 Å². The first-order valence-electron chi connectivity index (χ1n) is 7.28. The highest BCUT2D eigenvalue weighted by atomic mass is 16.4. The van der Waals surface area contributed by atoms with Crippen LogP contribution in [0, 0.1) is 29.1 Å². The summed E-state index contributed by atoms with van der Waals surface area (Å²) in [4.78, 5) is 23.5. The van der Waals surface area contributed by atoms with Gasteiger partial charge in [0.25, 0.3) is 0 Å². The summed E-state index contributed by atoms with van der Waals surface area (Å²) >= 11 is 0. The smallest absolute Gasteiger partial charge is 0.309 e. The summed E-state index contributed by atoms with van der Waals surface area (Å²) in [6.07, 6.45) is 4.08. The molecule has 4 nitrogen and oxygen atoms in total. The Morgan fingerprint density at radius 1 is 1.37 bits per heavy atom. The lowest BCUT2D eigenvalue weighted by Gasteiger charge is -2.45. The highest BCUT2D eigenvalue weighted by Gasteiger charge is 2.54. The molecule has 2 aliphatic rings. The van der Waals surface area contributed by atoms with Crippen molar-refractivity contribution in [1.29, 1.82) is 0 Å². The molecule has 108 valence electrons. The fourth-order valence-corrected chi connectivity index (χ4v) is 4.32. The molecule has 0 amide bonds. The summed E-state index contributed by atoms with van der Waals surface area (Å²) < 4.78 is 0. The fourth-order valence-electron chi connectivity index (χ4n) is 4.32. The number of carbonyl (C=O) groups is 2. The number of carboxylic acid groups (broad SMARTS) is 1. The molecule has 19 heavy (non-hydrogen) atoms. The molecule has 0 bridgehead atoms. The number of Topliss-reactive ketones (excluding diaryl/α,β-unsaturated/α-hetero) is 1. The van der Waals surface area contributed by atoms with E-state index >= 15 is 0 Å². The topological polar surface area (TPSA) is 74.6 Å². The summed E-state index contributed by atoms with van der Waals surface area (Å²) in [7, 11) is 0. The first-order valence-corrected chi connectivity index (χ1v) is 7.28. The third-order valence-electron chi connectivity index (χ3n) is 5.73. The average Bonchev–Trinajstić information content (AvgIpc) is 2.64. The molecule has 0 radical (unpaired) electrons. The Balaban J connectivity index is 2.29. The molecule has 0 saturated heterocycles. The predicted octanol–water partition coefficient (Wildman–Crippen LogP) is 2.10. The normalized spacial score (nSPS) is 40.6. The van der Waals surface area contributed by atoms with Crippen LogP contribution in [0.2, 0.25) is 0 Å². The maximum absolute atomic E-state index is 12.1. The number of carbonyl (C=O) groups excluding carboxylic acids is 1. The van der Waals surface area contributed by atoms with Gasteiger partial charge in [-0.15, -0.1) is 0 Å². The Labute approximate surface area is 114 Å². The van der Waals surface area contributed by atoms with Crippen molar-refractivity contribution in [2.75, 3.05) is 6.61 Å². The third kappa shape index (κ3) is 2.31. The van der Waals surface area contributed by atoms with Gasteiger partial charge in [-0.2, -0.15) is 0 Å². The number of hydrogen-bond acceptors (Lipinski definition) is 3. The molecule has 2 saturated carbocycles. The minimum atomic E-state index is -0.924. The van der Waals surface area contributed by atoms with Crippen LogP contribution in [0.25, 0.3) is 0 Å². The molecule has 0 aromatic carbocycles. The van der Waals surface area contributed by atoms with Gasteiger partial charge in [-0.05, 0) is 42.9 Å². The highest BCUT2D eigenvalue weighted by molar-refractivity contribution is 5.82. The molecule has 2 rings (SSSR count). The van der Waals surface area contributed by atoms with Gasteiger partial charge in [0, 0.05) is 12.3 Å². The monoisotopic (exact) mass is 268 g/mol. The number of ketones is 1. The van der Waals surface area contributed by atoms with E-state index in [-0.39, 0.29) is 29.6 Å². The van der Waals surface area contributed by atoms with Gasteiger partial charge < -0.3 is 10.2 Å². The minimum Gasteiger partial charge on any atom is -0.481 e. The second-order valence-corrected chi connectivity index (χ2v) is 6.53. The molecule has 0 aromatic heterocycles. The zero-order chi connectivity index (χ0) is 14.2. The number of carboxylic acids is 1. The number of aliphatic hydroxyl groups is 1. The maximum Gasteiger partial charge on any atom is 0.309 e. The van der Waals surface area contributed by atoms with E-state index in [1.807, 2.05) is 6.92 Å². The van der Waals surface area contributed by atoms with E-state index in [4.69, 9.17) is 0 Å². The Hall–Kier alpha value is -0.900. The van der Waals surface area contributed by atoms with Crippen LogP contribution in [0.1, 0.15) is 46.0 Å². The number of hydrogen-bond donors (Lipinski definition) is 2. The van der Waals surface area contributed by atoms with Crippen molar-refractivity contribution < 1.29 is 19.8 Å². The Morgan fingerprint density at radius 2 is 2.05 bits per heavy atom. The van der Waals surface area contributed by atoms with Crippen LogP contribution in [-0.4, -0.2) is 28.6 Å². The lowest BCUT2D eigenvalue weighted by atomic mass is 9.59. The standard InChI is InChI=1S/C15H24O4/c1-9-5-6-15(7-13(9)17)10(2)3-4-12(15)11(8-16)14(18)19/h9-12,16H,3-8H2,1-2H3,(H,18,19).